The lowest BCUT2D eigenvalue weighted by atomic mass is 9.61. The Morgan fingerprint density at radius 3 is 1.91 bits per heavy atom. The van der Waals surface area contributed by atoms with E-state index in [0.29, 0.717) is 27.7 Å². The summed E-state index contributed by atoms with van der Waals surface area (Å²) in [6.07, 6.45) is -0.00532. The van der Waals surface area contributed by atoms with E-state index in [1.807, 2.05) is 92.7 Å². The third-order valence-electron chi connectivity index (χ3n) is 8.01. The summed E-state index contributed by atoms with van der Waals surface area (Å²) in [4.78, 5) is 28.5. The Balaban J connectivity index is 1.63. The summed E-state index contributed by atoms with van der Waals surface area (Å²) in [6, 6.07) is 31.4. The standard InChI is InChI=1S/C35H35ClN4O3/c1-22-11-7-9-15-27(22)37-33(41)31-29(40-39-26-13-5-4-6-14-26)21-35(3,43)32(30(31)24-17-19-25(36)20-18-24)34(42)38-28-16-10-8-12-23(28)2/h4-20,30-32,39,43H,21H2,1-3H3,(H,37,41)(H,38,42). The van der Waals surface area contributed by atoms with Crippen molar-refractivity contribution in [3.8, 4) is 0 Å². The summed E-state index contributed by atoms with van der Waals surface area (Å²) in [5.74, 6) is -3.39. The number of rotatable bonds is 7. The fourth-order valence-electron chi connectivity index (χ4n) is 5.81. The van der Waals surface area contributed by atoms with Gasteiger partial charge in [-0.15, -0.1) is 0 Å². The topological polar surface area (TPSA) is 103 Å². The fourth-order valence-corrected chi connectivity index (χ4v) is 5.93. The van der Waals surface area contributed by atoms with Crippen molar-refractivity contribution in [3.05, 3.63) is 125 Å². The van der Waals surface area contributed by atoms with Gasteiger partial charge in [0.2, 0.25) is 11.8 Å². The van der Waals surface area contributed by atoms with E-state index in [4.69, 9.17) is 11.6 Å². The van der Waals surface area contributed by atoms with E-state index in [2.05, 4.69) is 21.2 Å². The van der Waals surface area contributed by atoms with Crippen LogP contribution in [0.25, 0.3) is 0 Å². The second kappa shape index (κ2) is 12.8. The molecule has 0 spiro atoms. The molecular weight excluding hydrogens is 560 g/mol. The number of benzene rings is 4. The zero-order chi connectivity index (χ0) is 30.6. The van der Waals surface area contributed by atoms with Crippen LogP contribution in [0.5, 0.6) is 0 Å². The first kappa shape index (κ1) is 30.0. The van der Waals surface area contributed by atoms with Crippen molar-refractivity contribution in [1.82, 2.24) is 0 Å². The van der Waals surface area contributed by atoms with Gasteiger partial charge in [-0.3, -0.25) is 15.0 Å². The minimum Gasteiger partial charge on any atom is -0.389 e. The Bertz CT molecular complexity index is 1640. The van der Waals surface area contributed by atoms with Crippen LogP contribution in [0, 0.1) is 25.7 Å². The van der Waals surface area contributed by atoms with Gasteiger partial charge in [0.1, 0.15) is 0 Å². The van der Waals surface area contributed by atoms with Crippen LogP contribution < -0.4 is 16.1 Å². The molecule has 43 heavy (non-hydrogen) atoms. The molecule has 0 bridgehead atoms. The number of aryl methyl sites for hydroxylation is 2. The number of para-hydroxylation sites is 3. The summed E-state index contributed by atoms with van der Waals surface area (Å²) in [6.45, 7) is 5.46. The van der Waals surface area contributed by atoms with Crippen molar-refractivity contribution in [2.24, 2.45) is 16.9 Å². The van der Waals surface area contributed by atoms with Crippen molar-refractivity contribution in [2.75, 3.05) is 16.1 Å². The normalized spacial score (nSPS) is 22.5. The lowest BCUT2D eigenvalue weighted by molar-refractivity contribution is -0.133. The molecule has 0 radical (unpaired) electrons. The van der Waals surface area contributed by atoms with Crippen LogP contribution >= 0.6 is 11.6 Å². The summed E-state index contributed by atoms with van der Waals surface area (Å²) in [5.41, 5.74) is 6.45. The molecule has 1 aliphatic rings. The van der Waals surface area contributed by atoms with Crippen LogP contribution in [0.15, 0.2) is 108 Å². The quantitative estimate of drug-likeness (QED) is 0.170. The predicted octanol–water partition coefficient (Wildman–Crippen LogP) is 7.17. The van der Waals surface area contributed by atoms with E-state index in [9.17, 15) is 14.7 Å². The highest BCUT2D eigenvalue weighted by Crippen LogP contribution is 2.47. The molecule has 8 heteroatoms. The molecule has 0 aromatic heterocycles. The Labute approximate surface area is 257 Å². The first-order chi connectivity index (χ1) is 20.6. The average molecular weight is 595 g/mol. The van der Waals surface area contributed by atoms with E-state index in [1.54, 1.807) is 31.2 Å². The molecule has 1 aliphatic carbocycles. The highest BCUT2D eigenvalue weighted by atomic mass is 35.5. The number of aliphatic hydroxyl groups is 1. The highest BCUT2D eigenvalue weighted by Gasteiger charge is 2.55. The number of carbonyl (C=O) groups excluding carboxylic acids is 2. The van der Waals surface area contributed by atoms with Crippen LogP contribution in [0.3, 0.4) is 0 Å². The second-order valence-corrected chi connectivity index (χ2v) is 11.7. The van der Waals surface area contributed by atoms with Gasteiger partial charge in [-0.1, -0.05) is 78.3 Å². The number of nitrogens with zero attached hydrogens (tertiary/aromatic N) is 1. The number of carbonyl (C=O) groups is 2. The number of hydrogen-bond donors (Lipinski definition) is 4. The third kappa shape index (κ3) is 6.79. The molecule has 0 heterocycles. The second-order valence-electron chi connectivity index (χ2n) is 11.3. The zero-order valence-corrected chi connectivity index (χ0v) is 25.1. The molecule has 0 saturated heterocycles. The molecular formula is C35H35ClN4O3. The lowest BCUT2D eigenvalue weighted by Crippen LogP contribution is -2.56. The molecule has 4 unspecified atom stereocenters. The van der Waals surface area contributed by atoms with Crippen molar-refractivity contribution in [3.63, 3.8) is 0 Å². The van der Waals surface area contributed by atoms with Crippen molar-refractivity contribution in [1.29, 1.82) is 0 Å². The number of hydrogen-bond acceptors (Lipinski definition) is 5. The molecule has 220 valence electrons. The summed E-state index contributed by atoms with van der Waals surface area (Å²) < 4.78 is 0. The van der Waals surface area contributed by atoms with Gasteiger partial charge in [0.15, 0.2) is 0 Å². The highest BCUT2D eigenvalue weighted by molar-refractivity contribution is 6.30. The maximum Gasteiger partial charge on any atom is 0.233 e. The Morgan fingerprint density at radius 1 is 0.791 bits per heavy atom. The zero-order valence-electron chi connectivity index (χ0n) is 24.3. The maximum absolute atomic E-state index is 14.3. The van der Waals surface area contributed by atoms with Gasteiger partial charge in [0.05, 0.1) is 28.8 Å². The van der Waals surface area contributed by atoms with Gasteiger partial charge in [0.25, 0.3) is 0 Å². The Hall–Kier alpha value is -4.46. The molecule has 2 amide bonds. The number of anilines is 3. The van der Waals surface area contributed by atoms with E-state index < -0.39 is 23.4 Å². The Kier molecular flexibility index (Phi) is 8.94. The number of nitrogens with one attached hydrogen (secondary N) is 3. The number of hydrazone groups is 1. The SMILES string of the molecule is Cc1ccccc1NC(=O)C1C(=NNc2ccccc2)CC(C)(O)C(C(=O)Nc2ccccc2C)C1c1ccc(Cl)cc1. The summed E-state index contributed by atoms with van der Waals surface area (Å²) in [5, 5.41) is 23.3. The van der Waals surface area contributed by atoms with Gasteiger partial charge in [0, 0.05) is 28.7 Å². The third-order valence-corrected chi connectivity index (χ3v) is 8.27. The van der Waals surface area contributed by atoms with Crippen LogP contribution in [-0.4, -0.2) is 28.2 Å². The van der Waals surface area contributed by atoms with Crippen LogP contribution in [-0.2, 0) is 9.59 Å². The van der Waals surface area contributed by atoms with Crippen molar-refractivity contribution in [2.45, 2.75) is 38.7 Å². The molecule has 1 fully saturated rings. The average Bonchev–Trinajstić information content (AvgIpc) is 2.98. The van der Waals surface area contributed by atoms with Crippen LogP contribution in [0.1, 0.15) is 36.0 Å². The van der Waals surface area contributed by atoms with Gasteiger partial charge < -0.3 is 15.7 Å². The van der Waals surface area contributed by atoms with Crippen molar-refractivity contribution < 1.29 is 14.7 Å². The molecule has 4 aromatic carbocycles. The maximum atomic E-state index is 14.3. The monoisotopic (exact) mass is 594 g/mol. The predicted molar refractivity (Wildman–Crippen MR) is 174 cm³/mol. The molecule has 0 aliphatic heterocycles. The van der Waals surface area contributed by atoms with E-state index in [0.717, 1.165) is 16.8 Å². The Morgan fingerprint density at radius 2 is 1.33 bits per heavy atom. The fraction of sp³-hybridized carbons (Fsp3) is 0.229. The molecule has 4 atom stereocenters. The van der Waals surface area contributed by atoms with Crippen LogP contribution in [0.2, 0.25) is 5.02 Å². The van der Waals surface area contributed by atoms with E-state index in [1.165, 1.54) is 0 Å². The minimum absolute atomic E-state index is 0.00532. The molecule has 1 saturated carbocycles. The smallest absolute Gasteiger partial charge is 0.233 e. The van der Waals surface area contributed by atoms with Crippen LogP contribution in [0.4, 0.5) is 17.1 Å². The molecule has 4 aromatic rings. The summed E-state index contributed by atoms with van der Waals surface area (Å²) in [7, 11) is 0. The minimum atomic E-state index is -1.55. The van der Waals surface area contributed by atoms with E-state index in [-0.39, 0.29) is 18.2 Å². The van der Waals surface area contributed by atoms with Gasteiger partial charge in [-0.05, 0) is 73.9 Å². The first-order valence-electron chi connectivity index (χ1n) is 14.2. The number of amides is 2. The van der Waals surface area contributed by atoms with Gasteiger partial charge in [-0.2, -0.15) is 5.10 Å². The van der Waals surface area contributed by atoms with E-state index >= 15 is 0 Å². The number of halogens is 1. The lowest BCUT2D eigenvalue weighted by Gasteiger charge is -2.46. The van der Waals surface area contributed by atoms with Gasteiger partial charge in [-0.25, -0.2) is 0 Å². The van der Waals surface area contributed by atoms with Crippen molar-refractivity contribution >= 4 is 46.2 Å². The van der Waals surface area contributed by atoms with Gasteiger partial charge >= 0.3 is 0 Å². The molecule has 7 nitrogen and oxygen atoms in total. The molecule has 4 N–H and O–H groups in total. The summed E-state index contributed by atoms with van der Waals surface area (Å²) >= 11 is 6.26. The first-order valence-corrected chi connectivity index (χ1v) is 14.6. The largest absolute Gasteiger partial charge is 0.389 e. The molecule has 5 rings (SSSR count).